The van der Waals surface area contributed by atoms with Gasteiger partial charge in [0, 0.05) is 56.1 Å². The highest BCUT2D eigenvalue weighted by Crippen LogP contribution is 2.33. The van der Waals surface area contributed by atoms with Crippen molar-refractivity contribution in [1.29, 1.82) is 0 Å². The van der Waals surface area contributed by atoms with E-state index in [1.165, 1.54) is 5.56 Å². The van der Waals surface area contributed by atoms with Crippen LogP contribution in [0.1, 0.15) is 68.8 Å². The molecule has 2 fully saturated rings. The van der Waals surface area contributed by atoms with E-state index in [0.29, 0.717) is 11.9 Å². The summed E-state index contributed by atoms with van der Waals surface area (Å²) in [4.78, 5) is 27.0. The molecule has 4 heterocycles. The first-order valence-corrected chi connectivity index (χ1v) is 12.5. The van der Waals surface area contributed by atoms with Gasteiger partial charge in [0.15, 0.2) is 5.82 Å². The quantitative estimate of drug-likeness (QED) is 0.664. The number of aromatic nitrogens is 4. The van der Waals surface area contributed by atoms with Crippen molar-refractivity contribution in [2.45, 2.75) is 70.8 Å². The van der Waals surface area contributed by atoms with Gasteiger partial charge in [-0.25, -0.2) is 4.98 Å². The molecule has 33 heavy (non-hydrogen) atoms. The first-order valence-electron chi connectivity index (χ1n) is 12.5. The van der Waals surface area contributed by atoms with Gasteiger partial charge in [-0.2, -0.15) is 10.1 Å². The minimum atomic E-state index is -0.178. The van der Waals surface area contributed by atoms with E-state index < -0.39 is 0 Å². The van der Waals surface area contributed by atoms with Crippen LogP contribution in [0, 0.1) is 0 Å². The Morgan fingerprint density at radius 3 is 2.79 bits per heavy atom. The number of fused-ring (bicyclic) bond motifs is 1. The van der Waals surface area contributed by atoms with Gasteiger partial charge in [0.2, 0.25) is 11.9 Å². The van der Waals surface area contributed by atoms with Crippen molar-refractivity contribution in [2.75, 3.05) is 43.1 Å². The lowest BCUT2D eigenvalue weighted by Crippen LogP contribution is -2.46. The third kappa shape index (κ3) is 4.43. The Labute approximate surface area is 195 Å². The molecule has 0 unspecified atom stereocenters. The Morgan fingerprint density at radius 1 is 1.18 bits per heavy atom. The fourth-order valence-electron chi connectivity index (χ4n) is 5.40. The van der Waals surface area contributed by atoms with Gasteiger partial charge in [-0.05, 0) is 58.8 Å². The zero-order valence-corrected chi connectivity index (χ0v) is 19.8. The molecule has 1 aliphatic carbocycles. The van der Waals surface area contributed by atoms with Gasteiger partial charge in [-0.15, -0.1) is 0 Å². The maximum absolute atomic E-state index is 13.1. The van der Waals surface area contributed by atoms with Crippen LogP contribution in [0.4, 0.5) is 17.6 Å². The summed E-state index contributed by atoms with van der Waals surface area (Å²) in [5.74, 6) is 2.93. The van der Waals surface area contributed by atoms with Gasteiger partial charge in [0.1, 0.15) is 11.9 Å². The molecule has 3 aliphatic rings. The monoisotopic (exact) mass is 453 g/mol. The smallest absolute Gasteiger partial charge is 0.245 e. The molecule has 0 spiro atoms. The fraction of sp³-hybridized carbons (Fsp3) is 0.667. The number of carbonyl (C=O) groups is 1. The minimum absolute atomic E-state index is 0.178. The maximum Gasteiger partial charge on any atom is 0.245 e. The van der Waals surface area contributed by atoms with E-state index in [1.54, 1.807) is 0 Å². The molecule has 1 amide bonds. The third-order valence-electron chi connectivity index (χ3n) is 7.30. The molecular weight excluding hydrogens is 418 g/mol. The SMILES string of the molecule is CCN(CC)C(=O)[C@H]1CCCN1c1nc2c(c(Nc3cc(C4CCOCC4)[nH]n3)n1)CCC2. The van der Waals surface area contributed by atoms with Crippen molar-refractivity contribution < 1.29 is 9.53 Å². The number of H-pyrrole nitrogens is 1. The van der Waals surface area contributed by atoms with Gasteiger partial charge in [-0.1, -0.05) is 0 Å². The number of amides is 1. The molecule has 2 N–H and O–H groups in total. The fourth-order valence-corrected chi connectivity index (χ4v) is 5.40. The summed E-state index contributed by atoms with van der Waals surface area (Å²) in [5, 5.41) is 11.2. The second kappa shape index (κ2) is 9.67. The van der Waals surface area contributed by atoms with Crippen LogP contribution < -0.4 is 10.2 Å². The Kier molecular flexibility index (Phi) is 6.48. The molecular formula is C24H35N7O2. The van der Waals surface area contributed by atoms with Crippen LogP contribution >= 0.6 is 0 Å². The average Bonchev–Trinajstić information content (AvgIpc) is 3.60. The van der Waals surface area contributed by atoms with Crippen LogP contribution in [-0.4, -0.2) is 69.9 Å². The largest absolute Gasteiger partial charge is 0.381 e. The maximum atomic E-state index is 13.1. The van der Waals surface area contributed by atoms with Crippen molar-refractivity contribution in [1.82, 2.24) is 25.1 Å². The number of hydrogen-bond acceptors (Lipinski definition) is 7. The van der Waals surface area contributed by atoms with Crippen molar-refractivity contribution >= 4 is 23.5 Å². The molecule has 9 nitrogen and oxygen atoms in total. The molecule has 9 heteroatoms. The summed E-state index contributed by atoms with van der Waals surface area (Å²) in [5.41, 5.74) is 3.43. The molecule has 0 aromatic carbocycles. The molecule has 2 aromatic rings. The summed E-state index contributed by atoms with van der Waals surface area (Å²) in [6.45, 7) is 7.95. The van der Waals surface area contributed by atoms with Crippen molar-refractivity contribution in [3.8, 4) is 0 Å². The van der Waals surface area contributed by atoms with Crippen LogP contribution in [0.2, 0.25) is 0 Å². The number of nitrogens with zero attached hydrogens (tertiary/aromatic N) is 5. The molecule has 2 aromatic heterocycles. The van der Waals surface area contributed by atoms with Crippen LogP contribution in [0.3, 0.4) is 0 Å². The lowest BCUT2D eigenvalue weighted by molar-refractivity contribution is -0.132. The zero-order chi connectivity index (χ0) is 22.8. The zero-order valence-electron chi connectivity index (χ0n) is 19.8. The number of carbonyl (C=O) groups excluding carboxylic acids is 1. The second-order valence-corrected chi connectivity index (χ2v) is 9.23. The summed E-state index contributed by atoms with van der Waals surface area (Å²) in [7, 11) is 0. The number of nitrogens with one attached hydrogen (secondary N) is 2. The number of aromatic amines is 1. The van der Waals surface area contributed by atoms with Gasteiger partial charge < -0.3 is 19.9 Å². The molecule has 2 aliphatic heterocycles. The Hall–Kier alpha value is -2.68. The van der Waals surface area contributed by atoms with E-state index in [0.717, 1.165) is 101 Å². The summed E-state index contributed by atoms with van der Waals surface area (Å²) in [6, 6.07) is 1.92. The van der Waals surface area contributed by atoms with E-state index in [9.17, 15) is 4.79 Å². The molecule has 0 bridgehead atoms. The lowest BCUT2D eigenvalue weighted by atomic mass is 9.97. The normalized spacial score (nSPS) is 20.8. The van der Waals surface area contributed by atoms with E-state index in [2.05, 4.69) is 26.5 Å². The molecule has 1 atom stereocenters. The Morgan fingerprint density at radius 2 is 2.00 bits per heavy atom. The first kappa shape index (κ1) is 22.1. The van der Waals surface area contributed by atoms with E-state index >= 15 is 0 Å². The lowest BCUT2D eigenvalue weighted by Gasteiger charge is -2.29. The van der Waals surface area contributed by atoms with E-state index in [1.807, 2.05) is 18.7 Å². The number of anilines is 3. The number of likely N-dealkylation sites (N-methyl/N-ethyl adjacent to an activating group) is 1. The molecule has 0 radical (unpaired) electrons. The Balaban J connectivity index is 1.40. The summed E-state index contributed by atoms with van der Waals surface area (Å²) in [6.07, 6.45) is 6.88. The van der Waals surface area contributed by atoms with Gasteiger partial charge >= 0.3 is 0 Å². The number of rotatable bonds is 7. The Bertz CT molecular complexity index is 981. The van der Waals surface area contributed by atoms with E-state index in [4.69, 9.17) is 14.7 Å². The summed E-state index contributed by atoms with van der Waals surface area (Å²) >= 11 is 0. The van der Waals surface area contributed by atoms with Crippen molar-refractivity contribution in [3.63, 3.8) is 0 Å². The number of hydrogen-bond donors (Lipinski definition) is 2. The molecule has 178 valence electrons. The molecule has 5 rings (SSSR count). The predicted molar refractivity (Wildman–Crippen MR) is 127 cm³/mol. The van der Waals surface area contributed by atoms with Crippen LogP contribution in [0.5, 0.6) is 0 Å². The standard InChI is InChI=1S/C24H35N7O2/c1-3-30(4-2)23(32)20-9-6-12-31(20)24-25-18-8-5-7-17(18)22(27-24)26-21-15-19(28-29-21)16-10-13-33-14-11-16/h15-16,20H,3-14H2,1-2H3,(H2,25,26,27,28,29)/t20-/m1/s1. The predicted octanol–water partition coefficient (Wildman–Crippen LogP) is 3.16. The van der Waals surface area contributed by atoms with Crippen LogP contribution in [0.25, 0.3) is 0 Å². The molecule has 2 saturated heterocycles. The highest BCUT2D eigenvalue weighted by Gasteiger charge is 2.35. The van der Waals surface area contributed by atoms with Crippen LogP contribution in [-0.2, 0) is 22.4 Å². The highest BCUT2D eigenvalue weighted by atomic mass is 16.5. The van der Waals surface area contributed by atoms with Gasteiger partial charge in [0.05, 0.1) is 5.69 Å². The topological polar surface area (TPSA) is 99.3 Å². The van der Waals surface area contributed by atoms with Gasteiger partial charge in [-0.3, -0.25) is 9.89 Å². The van der Waals surface area contributed by atoms with Crippen molar-refractivity contribution in [2.24, 2.45) is 0 Å². The number of ether oxygens (including phenoxy) is 1. The van der Waals surface area contributed by atoms with Crippen LogP contribution in [0.15, 0.2) is 6.07 Å². The second-order valence-electron chi connectivity index (χ2n) is 9.23. The number of aryl methyl sites for hydroxylation is 1. The minimum Gasteiger partial charge on any atom is -0.381 e. The van der Waals surface area contributed by atoms with E-state index in [-0.39, 0.29) is 11.9 Å². The summed E-state index contributed by atoms with van der Waals surface area (Å²) < 4.78 is 5.49. The third-order valence-corrected chi connectivity index (χ3v) is 7.30. The van der Waals surface area contributed by atoms with Crippen molar-refractivity contribution in [3.05, 3.63) is 23.0 Å². The molecule has 0 saturated carbocycles. The first-order chi connectivity index (χ1) is 16.2. The van der Waals surface area contributed by atoms with Gasteiger partial charge in [0.25, 0.3) is 0 Å². The highest BCUT2D eigenvalue weighted by molar-refractivity contribution is 5.85. The average molecular weight is 454 g/mol.